The molecule has 0 aliphatic heterocycles. The Morgan fingerprint density at radius 3 is 2.29 bits per heavy atom. The van der Waals surface area contributed by atoms with Crippen molar-refractivity contribution in [2.75, 3.05) is 5.32 Å². The van der Waals surface area contributed by atoms with E-state index in [4.69, 9.17) is 23.2 Å². The van der Waals surface area contributed by atoms with Gasteiger partial charge in [0.25, 0.3) is 11.6 Å². The molecule has 0 aromatic heterocycles. The predicted octanol–water partition coefficient (Wildman–Crippen LogP) is 4.46. The third-order valence-electron chi connectivity index (χ3n) is 2.95. The second-order valence-corrected chi connectivity index (χ2v) is 5.07. The number of nitrogens with one attached hydrogen (secondary N) is 1. The van der Waals surface area contributed by atoms with E-state index >= 15 is 0 Å². The molecule has 2 aromatic rings. The van der Waals surface area contributed by atoms with Crippen LogP contribution in [0, 0.1) is 17.0 Å². The molecular formula is C14H10Cl2N2O3. The Balaban J connectivity index is 2.38. The van der Waals surface area contributed by atoms with E-state index in [-0.39, 0.29) is 22.5 Å². The van der Waals surface area contributed by atoms with Crippen molar-refractivity contribution in [3.8, 4) is 0 Å². The van der Waals surface area contributed by atoms with Gasteiger partial charge in [-0.2, -0.15) is 0 Å². The molecule has 0 saturated carbocycles. The maximum absolute atomic E-state index is 12.3. The molecule has 0 fully saturated rings. The molecule has 7 heteroatoms. The van der Waals surface area contributed by atoms with Gasteiger partial charge in [-0.1, -0.05) is 35.3 Å². The van der Waals surface area contributed by atoms with E-state index in [1.165, 1.54) is 25.1 Å². The van der Waals surface area contributed by atoms with E-state index in [9.17, 15) is 14.9 Å². The maximum atomic E-state index is 12.3. The maximum Gasteiger partial charge on any atom is 0.273 e. The fourth-order valence-corrected chi connectivity index (χ4v) is 2.36. The average Bonchev–Trinajstić information content (AvgIpc) is 2.42. The normalized spacial score (nSPS) is 10.2. The Morgan fingerprint density at radius 2 is 1.71 bits per heavy atom. The number of amides is 1. The summed E-state index contributed by atoms with van der Waals surface area (Å²) in [4.78, 5) is 22.6. The van der Waals surface area contributed by atoms with Gasteiger partial charge in [-0.05, 0) is 25.1 Å². The van der Waals surface area contributed by atoms with Gasteiger partial charge in [0.2, 0.25) is 0 Å². The highest BCUT2D eigenvalue weighted by Crippen LogP contribution is 2.31. The van der Waals surface area contributed by atoms with Crippen LogP contribution in [0.5, 0.6) is 0 Å². The smallest absolute Gasteiger partial charge is 0.273 e. The number of anilines is 1. The van der Waals surface area contributed by atoms with Crippen LogP contribution in [0.2, 0.25) is 10.0 Å². The van der Waals surface area contributed by atoms with Crippen LogP contribution in [0.4, 0.5) is 11.4 Å². The summed E-state index contributed by atoms with van der Waals surface area (Å²) in [7, 11) is 0. The molecule has 0 saturated heterocycles. The Kier molecular flexibility index (Phi) is 4.45. The van der Waals surface area contributed by atoms with E-state index in [0.29, 0.717) is 10.0 Å². The molecule has 0 spiro atoms. The zero-order chi connectivity index (χ0) is 15.6. The van der Waals surface area contributed by atoms with Crippen LogP contribution in [0.1, 0.15) is 15.9 Å². The summed E-state index contributed by atoms with van der Waals surface area (Å²) < 4.78 is 0. The van der Waals surface area contributed by atoms with E-state index in [1.54, 1.807) is 18.2 Å². The Labute approximate surface area is 130 Å². The first-order valence-electron chi connectivity index (χ1n) is 5.91. The molecule has 5 nitrogen and oxygen atoms in total. The van der Waals surface area contributed by atoms with E-state index in [1.807, 2.05) is 0 Å². The number of para-hydroxylation sites is 1. The molecule has 0 aliphatic carbocycles. The summed E-state index contributed by atoms with van der Waals surface area (Å²) in [5, 5.41) is 14.1. The summed E-state index contributed by atoms with van der Waals surface area (Å²) in [5.41, 5.74) is 0.632. The van der Waals surface area contributed by atoms with Gasteiger partial charge < -0.3 is 5.32 Å². The van der Waals surface area contributed by atoms with E-state index in [2.05, 4.69) is 5.32 Å². The van der Waals surface area contributed by atoms with Gasteiger partial charge in [0.15, 0.2) is 0 Å². The fourth-order valence-electron chi connectivity index (χ4n) is 1.87. The number of nitro benzene ring substituents is 1. The molecule has 2 rings (SSSR count). The molecule has 0 aliphatic rings. The van der Waals surface area contributed by atoms with E-state index in [0.717, 1.165) is 0 Å². The summed E-state index contributed by atoms with van der Waals surface area (Å²) in [5.74, 6) is -0.508. The lowest BCUT2D eigenvalue weighted by Gasteiger charge is -2.10. The van der Waals surface area contributed by atoms with Crippen molar-refractivity contribution in [2.24, 2.45) is 0 Å². The third-order valence-corrected chi connectivity index (χ3v) is 3.58. The molecular weight excluding hydrogens is 315 g/mol. The zero-order valence-electron chi connectivity index (χ0n) is 10.9. The van der Waals surface area contributed by atoms with Crippen LogP contribution in [-0.4, -0.2) is 10.8 Å². The number of carbonyl (C=O) groups excluding carboxylic acids is 1. The van der Waals surface area contributed by atoms with Crippen LogP contribution in [0.25, 0.3) is 0 Å². The van der Waals surface area contributed by atoms with E-state index < -0.39 is 10.8 Å². The molecule has 108 valence electrons. The summed E-state index contributed by atoms with van der Waals surface area (Å²) in [6, 6.07) is 9.12. The topological polar surface area (TPSA) is 72.2 Å². The minimum Gasteiger partial charge on any atom is -0.319 e. The number of benzene rings is 2. The van der Waals surface area contributed by atoms with Crippen molar-refractivity contribution < 1.29 is 9.72 Å². The third kappa shape index (κ3) is 3.15. The largest absolute Gasteiger partial charge is 0.319 e. The first-order chi connectivity index (χ1) is 9.91. The lowest BCUT2D eigenvalue weighted by atomic mass is 10.1. The monoisotopic (exact) mass is 324 g/mol. The second-order valence-electron chi connectivity index (χ2n) is 4.26. The number of rotatable bonds is 3. The first-order valence-corrected chi connectivity index (χ1v) is 6.66. The molecule has 2 aromatic carbocycles. The number of carbonyl (C=O) groups is 1. The van der Waals surface area contributed by atoms with Crippen LogP contribution in [-0.2, 0) is 0 Å². The number of hydrogen-bond acceptors (Lipinski definition) is 3. The number of hydrogen-bond donors (Lipinski definition) is 1. The van der Waals surface area contributed by atoms with Gasteiger partial charge in [-0.15, -0.1) is 0 Å². The second kappa shape index (κ2) is 6.11. The minimum atomic E-state index is -0.533. The molecule has 21 heavy (non-hydrogen) atoms. The van der Waals surface area contributed by atoms with Gasteiger partial charge in [0.05, 0.1) is 20.7 Å². The fraction of sp³-hybridized carbons (Fsp3) is 0.0714. The van der Waals surface area contributed by atoms with Crippen molar-refractivity contribution >= 4 is 40.5 Å². The molecule has 1 N–H and O–H groups in total. The van der Waals surface area contributed by atoms with Gasteiger partial charge in [-0.3, -0.25) is 14.9 Å². The van der Waals surface area contributed by atoms with Crippen molar-refractivity contribution in [3.63, 3.8) is 0 Å². The highest BCUT2D eigenvalue weighted by Gasteiger charge is 2.19. The highest BCUT2D eigenvalue weighted by atomic mass is 35.5. The molecule has 0 radical (unpaired) electrons. The van der Waals surface area contributed by atoms with Crippen molar-refractivity contribution in [2.45, 2.75) is 6.92 Å². The van der Waals surface area contributed by atoms with Crippen molar-refractivity contribution in [3.05, 3.63) is 67.7 Å². The lowest BCUT2D eigenvalue weighted by Crippen LogP contribution is -2.14. The van der Waals surface area contributed by atoms with Gasteiger partial charge in [0, 0.05) is 17.2 Å². The van der Waals surface area contributed by atoms with Crippen LogP contribution in [0.3, 0.4) is 0 Å². The first kappa shape index (κ1) is 15.3. The van der Waals surface area contributed by atoms with Gasteiger partial charge in [-0.25, -0.2) is 0 Å². The summed E-state index contributed by atoms with van der Waals surface area (Å²) >= 11 is 12.0. The van der Waals surface area contributed by atoms with Crippen molar-refractivity contribution in [1.82, 2.24) is 0 Å². The quantitative estimate of drug-likeness (QED) is 0.669. The molecule has 0 unspecified atom stereocenters. The SMILES string of the molecule is Cc1c(C(=O)Nc2c(Cl)cccc2Cl)cccc1[N+](=O)[O-]. The summed E-state index contributed by atoms with van der Waals surface area (Å²) in [6.45, 7) is 1.52. The molecule has 0 heterocycles. The number of nitro groups is 1. The average molecular weight is 325 g/mol. The van der Waals surface area contributed by atoms with Crippen LogP contribution >= 0.6 is 23.2 Å². The van der Waals surface area contributed by atoms with Gasteiger partial charge >= 0.3 is 0 Å². The number of halogens is 2. The van der Waals surface area contributed by atoms with Crippen LogP contribution in [0.15, 0.2) is 36.4 Å². The molecule has 0 atom stereocenters. The lowest BCUT2D eigenvalue weighted by molar-refractivity contribution is -0.385. The highest BCUT2D eigenvalue weighted by molar-refractivity contribution is 6.40. The Hall–Kier alpha value is -2.11. The predicted molar refractivity (Wildman–Crippen MR) is 82.2 cm³/mol. The zero-order valence-corrected chi connectivity index (χ0v) is 12.4. The van der Waals surface area contributed by atoms with Gasteiger partial charge in [0.1, 0.15) is 0 Å². The minimum absolute atomic E-state index is 0.118. The standard InChI is InChI=1S/C14H10Cl2N2O3/c1-8-9(4-2-7-12(8)18(20)21)14(19)17-13-10(15)5-3-6-11(13)16/h2-7H,1H3,(H,17,19). The van der Waals surface area contributed by atoms with Crippen molar-refractivity contribution in [1.29, 1.82) is 0 Å². The Bertz CT molecular complexity index is 712. The van der Waals surface area contributed by atoms with Crippen LogP contribution < -0.4 is 5.32 Å². The molecule has 0 bridgehead atoms. The number of nitrogens with zero attached hydrogens (tertiary/aromatic N) is 1. The molecule has 1 amide bonds. The summed E-state index contributed by atoms with van der Waals surface area (Å²) in [6.07, 6.45) is 0. The Morgan fingerprint density at radius 1 is 1.14 bits per heavy atom.